The lowest BCUT2D eigenvalue weighted by Gasteiger charge is -2.17. The summed E-state index contributed by atoms with van der Waals surface area (Å²) >= 11 is 0. The molecule has 0 heterocycles. The Hall–Kier alpha value is -1.20. The van der Waals surface area contributed by atoms with Gasteiger partial charge in [0.2, 0.25) is 5.91 Å². The summed E-state index contributed by atoms with van der Waals surface area (Å²) in [5, 5.41) is 2.75. The molecule has 4 nitrogen and oxygen atoms in total. The molecule has 1 aromatic carbocycles. The van der Waals surface area contributed by atoms with Gasteiger partial charge in [-0.1, -0.05) is 26.3 Å². The van der Waals surface area contributed by atoms with Crippen LogP contribution in [0.25, 0.3) is 0 Å². The van der Waals surface area contributed by atoms with Gasteiger partial charge in [-0.3, -0.25) is 9.00 Å². The van der Waals surface area contributed by atoms with Crippen LogP contribution in [0.5, 0.6) is 0 Å². The van der Waals surface area contributed by atoms with Crippen molar-refractivity contribution in [2.75, 3.05) is 11.6 Å². The summed E-state index contributed by atoms with van der Waals surface area (Å²) in [4.78, 5) is 12.6. The van der Waals surface area contributed by atoms with Gasteiger partial charge in [0.15, 0.2) is 0 Å². The molecular weight excluding hydrogens is 248 g/mol. The minimum absolute atomic E-state index is 0.133. The molecule has 0 bridgehead atoms. The quantitative estimate of drug-likeness (QED) is 0.854. The van der Waals surface area contributed by atoms with Gasteiger partial charge < -0.3 is 11.1 Å². The van der Waals surface area contributed by atoms with E-state index in [1.165, 1.54) is 0 Å². The molecule has 0 aromatic heterocycles. The van der Waals surface area contributed by atoms with Crippen molar-refractivity contribution >= 4 is 22.4 Å². The summed E-state index contributed by atoms with van der Waals surface area (Å²) in [5.74, 6) is -0.0723. The SMILES string of the molecule is CCC(C)C(N)C(=O)Nc1cccc(S(C)=O)c1. The summed E-state index contributed by atoms with van der Waals surface area (Å²) in [5.41, 5.74) is 6.48. The summed E-state index contributed by atoms with van der Waals surface area (Å²) in [7, 11) is -1.06. The molecule has 100 valence electrons. The minimum atomic E-state index is -1.06. The van der Waals surface area contributed by atoms with E-state index in [9.17, 15) is 9.00 Å². The Balaban J connectivity index is 2.76. The van der Waals surface area contributed by atoms with Crippen molar-refractivity contribution in [3.63, 3.8) is 0 Å². The van der Waals surface area contributed by atoms with Crippen molar-refractivity contribution in [1.82, 2.24) is 0 Å². The summed E-state index contributed by atoms with van der Waals surface area (Å²) in [6.45, 7) is 3.94. The van der Waals surface area contributed by atoms with Crippen LogP contribution in [0, 0.1) is 5.92 Å². The lowest BCUT2D eigenvalue weighted by atomic mass is 9.99. The Bertz CT molecular complexity index is 448. The molecule has 3 atom stereocenters. The Morgan fingerprint density at radius 3 is 2.72 bits per heavy atom. The largest absolute Gasteiger partial charge is 0.325 e. The van der Waals surface area contributed by atoms with Gasteiger partial charge in [0, 0.05) is 27.6 Å². The topological polar surface area (TPSA) is 72.2 Å². The highest BCUT2D eigenvalue weighted by atomic mass is 32.2. The van der Waals surface area contributed by atoms with Gasteiger partial charge in [0.05, 0.1) is 6.04 Å². The molecule has 3 N–H and O–H groups in total. The first kappa shape index (κ1) is 14.9. The molecule has 0 radical (unpaired) electrons. The van der Waals surface area contributed by atoms with Gasteiger partial charge in [-0.2, -0.15) is 0 Å². The van der Waals surface area contributed by atoms with E-state index >= 15 is 0 Å². The van der Waals surface area contributed by atoms with Gasteiger partial charge in [0.1, 0.15) is 0 Å². The van der Waals surface area contributed by atoms with Gasteiger partial charge in [0.25, 0.3) is 0 Å². The van der Waals surface area contributed by atoms with E-state index in [2.05, 4.69) is 5.32 Å². The average molecular weight is 268 g/mol. The van der Waals surface area contributed by atoms with E-state index in [4.69, 9.17) is 5.73 Å². The smallest absolute Gasteiger partial charge is 0.241 e. The normalized spacial score (nSPS) is 15.8. The summed E-state index contributed by atoms with van der Waals surface area (Å²) in [6.07, 6.45) is 2.46. The molecule has 18 heavy (non-hydrogen) atoms. The third kappa shape index (κ3) is 3.92. The third-order valence-electron chi connectivity index (χ3n) is 2.99. The zero-order valence-corrected chi connectivity index (χ0v) is 11.8. The van der Waals surface area contributed by atoms with Crippen molar-refractivity contribution in [3.8, 4) is 0 Å². The lowest BCUT2D eigenvalue weighted by molar-refractivity contribution is -0.118. The molecule has 1 aromatic rings. The highest BCUT2D eigenvalue weighted by Crippen LogP contribution is 2.14. The molecule has 0 aliphatic rings. The van der Waals surface area contributed by atoms with Gasteiger partial charge in [-0.05, 0) is 24.1 Å². The number of hydrogen-bond acceptors (Lipinski definition) is 3. The van der Waals surface area contributed by atoms with Crippen LogP contribution in [0.1, 0.15) is 20.3 Å². The number of carbonyl (C=O) groups is 1. The second kappa shape index (κ2) is 6.66. The van der Waals surface area contributed by atoms with E-state index in [1.54, 1.807) is 30.5 Å². The molecule has 0 aliphatic carbocycles. The summed E-state index contributed by atoms with van der Waals surface area (Å²) in [6, 6.07) is 6.47. The number of nitrogens with one attached hydrogen (secondary N) is 1. The highest BCUT2D eigenvalue weighted by Gasteiger charge is 2.19. The molecule has 1 rings (SSSR count). The van der Waals surface area contributed by atoms with Crippen molar-refractivity contribution in [2.24, 2.45) is 11.7 Å². The van der Waals surface area contributed by atoms with Crippen LogP contribution in [0.4, 0.5) is 5.69 Å². The fourth-order valence-corrected chi connectivity index (χ4v) is 2.05. The van der Waals surface area contributed by atoms with Crippen LogP contribution in [-0.4, -0.2) is 22.4 Å². The molecule has 3 unspecified atom stereocenters. The zero-order valence-electron chi connectivity index (χ0n) is 11.0. The summed E-state index contributed by atoms with van der Waals surface area (Å²) < 4.78 is 11.3. The van der Waals surface area contributed by atoms with Gasteiger partial charge in [-0.15, -0.1) is 0 Å². The maximum atomic E-state index is 11.9. The van der Waals surface area contributed by atoms with Crippen LogP contribution in [0.3, 0.4) is 0 Å². The molecular formula is C13H20N2O2S. The number of rotatable bonds is 5. The first-order chi connectivity index (χ1) is 8.45. The van der Waals surface area contributed by atoms with E-state index in [0.717, 1.165) is 6.42 Å². The number of benzene rings is 1. The lowest BCUT2D eigenvalue weighted by Crippen LogP contribution is -2.40. The predicted molar refractivity (Wildman–Crippen MR) is 74.8 cm³/mol. The van der Waals surface area contributed by atoms with Crippen LogP contribution in [0.2, 0.25) is 0 Å². The number of carbonyl (C=O) groups excluding carboxylic acids is 1. The second-order valence-corrected chi connectivity index (χ2v) is 5.76. The van der Waals surface area contributed by atoms with E-state index in [0.29, 0.717) is 10.6 Å². The number of anilines is 1. The monoisotopic (exact) mass is 268 g/mol. The Kier molecular flexibility index (Phi) is 5.50. The zero-order chi connectivity index (χ0) is 13.7. The van der Waals surface area contributed by atoms with Crippen LogP contribution < -0.4 is 11.1 Å². The average Bonchev–Trinajstić information content (AvgIpc) is 2.37. The Labute approximate surface area is 110 Å². The van der Waals surface area contributed by atoms with Gasteiger partial charge in [-0.25, -0.2) is 0 Å². The number of hydrogen-bond donors (Lipinski definition) is 2. The molecule has 0 spiro atoms. The fourth-order valence-electron chi connectivity index (χ4n) is 1.49. The van der Waals surface area contributed by atoms with Crippen molar-refractivity contribution < 1.29 is 9.00 Å². The Morgan fingerprint density at radius 2 is 2.17 bits per heavy atom. The highest BCUT2D eigenvalue weighted by molar-refractivity contribution is 7.84. The third-order valence-corrected chi connectivity index (χ3v) is 3.91. The Morgan fingerprint density at radius 1 is 1.50 bits per heavy atom. The second-order valence-electron chi connectivity index (χ2n) is 4.38. The minimum Gasteiger partial charge on any atom is -0.325 e. The first-order valence-electron chi connectivity index (χ1n) is 5.95. The van der Waals surface area contributed by atoms with Crippen LogP contribution >= 0.6 is 0 Å². The standard InChI is InChI=1S/C13H20N2O2S/c1-4-9(2)12(14)13(16)15-10-6-5-7-11(8-10)18(3)17/h5-9,12H,4,14H2,1-3H3,(H,15,16). The number of nitrogens with two attached hydrogens (primary N) is 1. The molecule has 0 aliphatic heterocycles. The maximum absolute atomic E-state index is 11.9. The predicted octanol–water partition coefficient (Wildman–Crippen LogP) is 1.74. The fraction of sp³-hybridized carbons (Fsp3) is 0.462. The van der Waals surface area contributed by atoms with Crippen LogP contribution in [-0.2, 0) is 15.6 Å². The molecule has 0 saturated heterocycles. The number of amides is 1. The van der Waals surface area contributed by atoms with E-state index in [1.807, 2.05) is 13.8 Å². The van der Waals surface area contributed by atoms with E-state index in [-0.39, 0.29) is 11.8 Å². The molecule has 1 amide bonds. The first-order valence-corrected chi connectivity index (χ1v) is 7.51. The molecule has 5 heteroatoms. The van der Waals surface area contributed by atoms with Crippen LogP contribution in [0.15, 0.2) is 29.2 Å². The molecule has 0 saturated carbocycles. The maximum Gasteiger partial charge on any atom is 0.241 e. The van der Waals surface area contributed by atoms with Gasteiger partial charge >= 0.3 is 0 Å². The molecule has 0 fully saturated rings. The van der Waals surface area contributed by atoms with E-state index < -0.39 is 16.8 Å². The van der Waals surface area contributed by atoms with Crippen molar-refractivity contribution in [1.29, 1.82) is 0 Å². The van der Waals surface area contributed by atoms with Crippen molar-refractivity contribution in [3.05, 3.63) is 24.3 Å². The van der Waals surface area contributed by atoms with Crippen molar-refractivity contribution in [2.45, 2.75) is 31.2 Å².